The van der Waals surface area contributed by atoms with Gasteiger partial charge in [-0.15, -0.1) is 0 Å². The Morgan fingerprint density at radius 2 is 1.83 bits per heavy atom. The highest BCUT2D eigenvalue weighted by Crippen LogP contribution is 2.28. The molecule has 3 aromatic rings. The van der Waals surface area contributed by atoms with Crippen LogP contribution in [0.4, 0.5) is 5.69 Å². The molecule has 1 amide bonds. The molecule has 0 radical (unpaired) electrons. The smallest absolute Gasteiger partial charge is 0.261 e. The second kappa shape index (κ2) is 7.00. The number of ether oxygens (including phenoxy) is 1. The van der Waals surface area contributed by atoms with Gasteiger partial charge in [-0.3, -0.25) is 4.79 Å². The lowest BCUT2D eigenvalue weighted by Gasteiger charge is -2.11. The number of nitrogens with zero attached hydrogens (tertiary/aromatic N) is 1. The third-order valence-corrected chi connectivity index (χ3v) is 3.57. The van der Waals surface area contributed by atoms with Crippen molar-refractivity contribution in [3.63, 3.8) is 0 Å². The van der Waals surface area contributed by atoms with E-state index in [1.165, 1.54) is 0 Å². The highest BCUT2D eigenvalue weighted by molar-refractivity contribution is 6.09. The molecule has 0 fully saturated rings. The molecule has 5 nitrogen and oxygen atoms in total. The standard InChI is InChI=1S/C19H18N2O3/c1-3-23-16-12-8-7-11-15(16)20-19(22)17-13(2)24-21-18(17)14-9-5-4-6-10-14/h4-12H,3H2,1-2H3,(H,20,22). The Morgan fingerprint density at radius 3 is 2.58 bits per heavy atom. The van der Waals surface area contributed by atoms with Crippen molar-refractivity contribution in [1.82, 2.24) is 5.16 Å². The molecule has 24 heavy (non-hydrogen) atoms. The van der Waals surface area contributed by atoms with E-state index in [9.17, 15) is 4.79 Å². The number of aryl methyl sites for hydroxylation is 1. The summed E-state index contributed by atoms with van der Waals surface area (Å²) >= 11 is 0. The zero-order valence-corrected chi connectivity index (χ0v) is 13.6. The summed E-state index contributed by atoms with van der Waals surface area (Å²) in [6.45, 7) is 4.15. The first-order chi connectivity index (χ1) is 11.7. The summed E-state index contributed by atoms with van der Waals surface area (Å²) in [5.41, 5.74) is 2.40. The predicted molar refractivity (Wildman–Crippen MR) is 92.2 cm³/mol. The summed E-state index contributed by atoms with van der Waals surface area (Å²) < 4.78 is 10.8. The summed E-state index contributed by atoms with van der Waals surface area (Å²) in [6.07, 6.45) is 0. The molecule has 0 aliphatic heterocycles. The molecule has 3 rings (SSSR count). The topological polar surface area (TPSA) is 64.4 Å². The summed E-state index contributed by atoms with van der Waals surface area (Å²) in [6, 6.07) is 16.8. The molecular formula is C19H18N2O3. The van der Waals surface area contributed by atoms with Crippen LogP contribution in [0, 0.1) is 6.92 Å². The molecule has 5 heteroatoms. The molecule has 1 heterocycles. The molecule has 0 aliphatic carbocycles. The summed E-state index contributed by atoms with van der Waals surface area (Å²) in [7, 11) is 0. The van der Waals surface area contributed by atoms with Crippen molar-refractivity contribution in [3.8, 4) is 17.0 Å². The number of amides is 1. The monoisotopic (exact) mass is 322 g/mol. The minimum Gasteiger partial charge on any atom is -0.492 e. The molecule has 0 unspecified atom stereocenters. The SMILES string of the molecule is CCOc1ccccc1NC(=O)c1c(-c2ccccc2)noc1C. The molecular weight excluding hydrogens is 304 g/mol. The van der Waals surface area contributed by atoms with E-state index in [2.05, 4.69) is 10.5 Å². The number of hydrogen-bond acceptors (Lipinski definition) is 4. The Morgan fingerprint density at radius 1 is 1.12 bits per heavy atom. The highest BCUT2D eigenvalue weighted by Gasteiger charge is 2.22. The van der Waals surface area contributed by atoms with Crippen LogP contribution in [0.5, 0.6) is 5.75 Å². The van der Waals surface area contributed by atoms with E-state index >= 15 is 0 Å². The van der Waals surface area contributed by atoms with E-state index in [0.29, 0.717) is 35.1 Å². The van der Waals surface area contributed by atoms with Gasteiger partial charge in [0.2, 0.25) is 0 Å². The number of nitrogens with one attached hydrogen (secondary N) is 1. The lowest BCUT2D eigenvalue weighted by Crippen LogP contribution is -2.14. The lowest BCUT2D eigenvalue weighted by molar-refractivity contribution is 0.102. The number of carbonyl (C=O) groups is 1. The number of para-hydroxylation sites is 2. The van der Waals surface area contributed by atoms with Crippen LogP contribution in [-0.4, -0.2) is 17.7 Å². The fourth-order valence-electron chi connectivity index (χ4n) is 2.47. The van der Waals surface area contributed by atoms with Crippen LogP contribution in [0.3, 0.4) is 0 Å². The average molecular weight is 322 g/mol. The molecule has 1 N–H and O–H groups in total. The zero-order valence-electron chi connectivity index (χ0n) is 13.6. The predicted octanol–water partition coefficient (Wildman–Crippen LogP) is 4.30. The molecule has 0 spiro atoms. The van der Waals surface area contributed by atoms with Crippen LogP contribution >= 0.6 is 0 Å². The minimum atomic E-state index is -0.278. The van der Waals surface area contributed by atoms with E-state index in [-0.39, 0.29) is 5.91 Å². The molecule has 0 aliphatic rings. The van der Waals surface area contributed by atoms with Gasteiger partial charge in [0.25, 0.3) is 5.91 Å². The molecule has 2 aromatic carbocycles. The Bertz CT molecular complexity index is 841. The Kier molecular flexibility index (Phi) is 4.61. The Labute approximate surface area is 140 Å². The summed E-state index contributed by atoms with van der Waals surface area (Å²) in [4.78, 5) is 12.8. The number of aromatic nitrogens is 1. The minimum absolute atomic E-state index is 0.278. The van der Waals surface area contributed by atoms with Gasteiger partial charge in [0.15, 0.2) is 0 Å². The normalized spacial score (nSPS) is 10.4. The van der Waals surface area contributed by atoms with Gasteiger partial charge in [0.05, 0.1) is 12.3 Å². The van der Waals surface area contributed by atoms with Crippen LogP contribution < -0.4 is 10.1 Å². The van der Waals surface area contributed by atoms with E-state index in [0.717, 1.165) is 5.56 Å². The molecule has 0 saturated heterocycles. The number of benzene rings is 2. The third kappa shape index (κ3) is 3.15. The first kappa shape index (κ1) is 15.8. The van der Waals surface area contributed by atoms with Gasteiger partial charge in [0, 0.05) is 5.56 Å². The van der Waals surface area contributed by atoms with E-state index in [1.54, 1.807) is 13.0 Å². The van der Waals surface area contributed by atoms with Crippen LogP contribution in [0.2, 0.25) is 0 Å². The van der Waals surface area contributed by atoms with Crippen molar-refractivity contribution in [3.05, 3.63) is 65.9 Å². The van der Waals surface area contributed by atoms with E-state index in [4.69, 9.17) is 9.26 Å². The lowest BCUT2D eigenvalue weighted by atomic mass is 10.1. The second-order valence-corrected chi connectivity index (χ2v) is 5.21. The van der Waals surface area contributed by atoms with Gasteiger partial charge in [-0.2, -0.15) is 0 Å². The molecule has 0 atom stereocenters. The van der Waals surface area contributed by atoms with Crippen molar-refractivity contribution >= 4 is 11.6 Å². The average Bonchev–Trinajstić information content (AvgIpc) is 2.99. The quantitative estimate of drug-likeness (QED) is 0.760. The van der Waals surface area contributed by atoms with Gasteiger partial charge in [0.1, 0.15) is 22.8 Å². The van der Waals surface area contributed by atoms with Gasteiger partial charge < -0.3 is 14.6 Å². The van der Waals surface area contributed by atoms with Gasteiger partial charge in [-0.1, -0.05) is 47.6 Å². The van der Waals surface area contributed by atoms with E-state index < -0.39 is 0 Å². The summed E-state index contributed by atoms with van der Waals surface area (Å²) in [5, 5.41) is 6.93. The molecule has 122 valence electrons. The summed E-state index contributed by atoms with van der Waals surface area (Å²) in [5.74, 6) is 0.823. The van der Waals surface area contributed by atoms with Gasteiger partial charge in [-0.25, -0.2) is 0 Å². The molecule has 0 saturated carbocycles. The first-order valence-electron chi connectivity index (χ1n) is 7.75. The maximum absolute atomic E-state index is 12.8. The molecule has 0 bridgehead atoms. The van der Waals surface area contributed by atoms with Crippen molar-refractivity contribution in [2.24, 2.45) is 0 Å². The number of anilines is 1. The van der Waals surface area contributed by atoms with E-state index in [1.807, 2.05) is 55.5 Å². The third-order valence-electron chi connectivity index (χ3n) is 3.57. The van der Waals surface area contributed by atoms with Crippen molar-refractivity contribution in [2.75, 3.05) is 11.9 Å². The van der Waals surface area contributed by atoms with Crippen LogP contribution in [0.15, 0.2) is 59.1 Å². The van der Waals surface area contributed by atoms with Crippen molar-refractivity contribution < 1.29 is 14.1 Å². The second-order valence-electron chi connectivity index (χ2n) is 5.21. The largest absolute Gasteiger partial charge is 0.492 e. The first-order valence-corrected chi connectivity index (χ1v) is 7.75. The zero-order chi connectivity index (χ0) is 16.9. The fraction of sp³-hybridized carbons (Fsp3) is 0.158. The van der Waals surface area contributed by atoms with Crippen LogP contribution in [-0.2, 0) is 0 Å². The fourth-order valence-corrected chi connectivity index (χ4v) is 2.47. The highest BCUT2D eigenvalue weighted by atomic mass is 16.5. The van der Waals surface area contributed by atoms with Crippen molar-refractivity contribution in [2.45, 2.75) is 13.8 Å². The van der Waals surface area contributed by atoms with Crippen molar-refractivity contribution in [1.29, 1.82) is 0 Å². The van der Waals surface area contributed by atoms with Crippen LogP contribution in [0.25, 0.3) is 11.3 Å². The number of carbonyl (C=O) groups excluding carboxylic acids is 1. The van der Waals surface area contributed by atoms with Crippen LogP contribution in [0.1, 0.15) is 23.0 Å². The van der Waals surface area contributed by atoms with Gasteiger partial charge >= 0.3 is 0 Å². The Hall–Kier alpha value is -3.08. The van der Waals surface area contributed by atoms with Gasteiger partial charge in [-0.05, 0) is 26.0 Å². The maximum atomic E-state index is 12.8. The number of rotatable bonds is 5. The maximum Gasteiger partial charge on any atom is 0.261 e. The molecule has 1 aromatic heterocycles. The number of hydrogen-bond donors (Lipinski definition) is 1. The Balaban J connectivity index is 1.93.